The molecule has 5 nitrogen and oxygen atoms in total. The molecule has 25 heavy (non-hydrogen) atoms. The monoisotopic (exact) mass is 401 g/mol. The van der Waals surface area contributed by atoms with Crippen molar-refractivity contribution in [2.75, 3.05) is 13.7 Å². The van der Waals surface area contributed by atoms with E-state index in [2.05, 4.69) is 4.74 Å². The number of benzene rings is 2. The second kappa shape index (κ2) is 8.19. The van der Waals surface area contributed by atoms with Gasteiger partial charge in [0.1, 0.15) is 4.90 Å². The summed E-state index contributed by atoms with van der Waals surface area (Å²) in [6.07, 6.45) is 0. The van der Waals surface area contributed by atoms with Crippen molar-refractivity contribution in [2.24, 2.45) is 0 Å². The summed E-state index contributed by atoms with van der Waals surface area (Å²) in [5.74, 6) is -0.586. The fourth-order valence-electron chi connectivity index (χ4n) is 2.30. The number of hydrogen-bond acceptors (Lipinski definition) is 4. The van der Waals surface area contributed by atoms with Gasteiger partial charge in [0.25, 0.3) is 0 Å². The van der Waals surface area contributed by atoms with Crippen molar-refractivity contribution in [3.63, 3.8) is 0 Å². The van der Waals surface area contributed by atoms with Gasteiger partial charge < -0.3 is 4.74 Å². The number of nitrogens with zero attached hydrogens (tertiary/aromatic N) is 1. The molecular weight excluding hydrogens is 385 g/mol. The first kappa shape index (κ1) is 19.7. The van der Waals surface area contributed by atoms with Crippen LogP contribution in [0.15, 0.2) is 47.4 Å². The van der Waals surface area contributed by atoms with Crippen molar-refractivity contribution in [3.8, 4) is 0 Å². The normalized spacial score (nSPS) is 11.6. The van der Waals surface area contributed by atoms with E-state index in [-0.39, 0.29) is 28.6 Å². The zero-order valence-corrected chi connectivity index (χ0v) is 16.0. The van der Waals surface area contributed by atoms with E-state index in [0.717, 1.165) is 5.56 Å². The molecule has 8 heteroatoms. The fraction of sp³-hybridized carbons (Fsp3) is 0.235. The molecule has 0 aromatic heterocycles. The van der Waals surface area contributed by atoms with Crippen molar-refractivity contribution in [1.82, 2.24) is 4.31 Å². The zero-order valence-electron chi connectivity index (χ0n) is 13.7. The minimum absolute atomic E-state index is 0.0348. The Bertz CT molecular complexity index is 884. The van der Waals surface area contributed by atoms with Crippen LogP contribution in [0.3, 0.4) is 0 Å². The number of esters is 1. The Labute approximate surface area is 157 Å². The summed E-state index contributed by atoms with van der Waals surface area (Å²) in [7, 11) is -2.60. The Balaban J connectivity index is 2.36. The molecule has 0 amide bonds. The summed E-state index contributed by atoms with van der Waals surface area (Å²) in [4.78, 5) is 11.5. The first-order chi connectivity index (χ1) is 11.8. The summed E-state index contributed by atoms with van der Waals surface area (Å²) in [6.45, 7) is 2.15. The van der Waals surface area contributed by atoms with Crippen LogP contribution in [0.1, 0.15) is 22.8 Å². The van der Waals surface area contributed by atoms with Crippen LogP contribution in [0, 0.1) is 0 Å². The van der Waals surface area contributed by atoms with Gasteiger partial charge in [0.15, 0.2) is 0 Å². The molecule has 2 aromatic rings. The predicted octanol–water partition coefficient (Wildman–Crippen LogP) is 3.99. The van der Waals surface area contributed by atoms with Crippen molar-refractivity contribution >= 4 is 39.2 Å². The van der Waals surface area contributed by atoms with Crippen molar-refractivity contribution < 1.29 is 17.9 Å². The molecule has 0 atom stereocenters. The lowest BCUT2D eigenvalue weighted by molar-refractivity contribution is 0.0600. The van der Waals surface area contributed by atoms with E-state index in [4.69, 9.17) is 23.2 Å². The minimum atomic E-state index is -3.84. The number of carbonyl (C=O) groups is 1. The number of hydrogen-bond donors (Lipinski definition) is 0. The second-order valence-corrected chi connectivity index (χ2v) is 7.95. The number of ether oxygens (including phenoxy) is 1. The molecule has 0 spiro atoms. The largest absolute Gasteiger partial charge is 0.465 e. The number of halogens is 2. The zero-order chi connectivity index (χ0) is 18.6. The minimum Gasteiger partial charge on any atom is -0.465 e. The van der Waals surface area contributed by atoms with E-state index in [1.54, 1.807) is 31.2 Å². The molecule has 2 rings (SSSR count). The van der Waals surface area contributed by atoms with Gasteiger partial charge in [0, 0.05) is 18.1 Å². The summed E-state index contributed by atoms with van der Waals surface area (Å²) in [5, 5.41) is 0.499. The lowest BCUT2D eigenvalue weighted by Gasteiger charge is -2.21. The molecule has 0 aliphatic rings. The Kier molecular flexibility index (Phi) is 6.46. The lowest BCUT2D eigenvalue weighted by atomic mass is 10.2. The number of carbonyl (C=O) groups excluding carboxylic acids is 1. The molecule has 0 unspecified atom stereocenters. The van der Waals surface area contributed by atoms with E-state index in [9.17, 15) is 13.2 Å². The molecule has 0 saturated heterocycles. The van der Waals surface area contributed by atoms with Crippen molar-refractivity contribution in [2.45, 2.75) is 18.4 Å². The van der Waals surface area contributed by atoms with E-state index in [0.29, 0.717) is 5.02 Å². The second-order valence-electron chi connectivity index (χ2n) is 5.20. The number of methoxy groups -OCH3 is 1. The molecule has 0 fully saturated rings. The van der Waals surface area contributed by atoms with E-state index >= 15 is 0 Å². The standard InChI is InChI=1S/C17H17Cl2NO4S/c1-3-20(11-12-5-4-6-14(18)9-12)25(22,23)16-8-7-13(10-15(16)19)17(21)24-2/h4-10H,3,11H2,1-2H3. The Hall–Kier alpha value is -1.60. The molecule has 0 aliphatic heterocycles. The highest BCUT2D eigenvalue weighted by molar-refractivity contribution is 7.89. The van der Waals surface area contributed by atoms with Crippen LogP contribution in [-0.2, 0) is 21.3 Å². The van der Waals surface area contributed by atoms with Gasteiger partial charge in [-0.15, -0.1) is 0 Å². The quantitative estimate of drug-likeness (QED) is 0.686. The van der Waals surface area contributed by atoms with Crippen LogP contribution in [0.2, 0.25) is 10.0 Å². The fourth-order valence-corrected chi connectivity index (χ4v) is 4.47. The summed E-state index contributed by atoms with van der Waals surface area (Å²) in [6, 6.07) is 11.0. The number of sulfonamides is 1. The van der Waals surface area contributed by atoms with Gasteiger partial charge in [-0.3, -0.25) is 0 Å². The smallest absolute Gasteiger partial charge is 0.337 e. The SMILES string of the molecule is CCN(Cc1cccc(Cl)c1)S(=O)(=O)c1ccc(C(=O)OC)cc1Cl. The van der Waals surface area contributed by atoms with Gasteiger partial charge >= 0.3 is 5.97 Å². The lowest BCUT2D eigenvalue weighted by Crippen LogP contribution is -2.30. The molecule has 0 aliphatic carbocycles. The predicted molar refractivity (Wildman–Crippen MR) is 97.5 cm³/mol. The van der Waals surface area contributed by atoms with Gasteiger partial charge in [0.2, 0.25) is 10.0 Å². The van der Waals surface area contributed by atoms with Crippen LogP contribution in [0.4, 0.5) is 0 Å². The maximum Gasteiger partial charge on any atom is 0.337 e. The first-order valence-corrected chi connectivity index (χ1v) is 9.61. The Morgan fingerprint density at radius 2 is 1.88 bits per heavy atom. The van der Waals surface area contributed by atoms with Crippen molar-refractivity contribution in [1.29, 1.82) is 0 Å². The molecule has 0 heterocycles. The summed E-state index contributed by atoms with van der Waals surface area (Å²) < 4.78 is 31.7. The highest BCUT2D eigenvalue weighted by Crippen LogP contribution is 2.27. The third kappa shape index (κ3) is 4.52. The molecule has 0 radical (unpaired) electrons. The summed E-state index contributed by atoms with van der Waals surface area (Å²) >= 11 is 12.1. The van der Waals surface area contributed by atoms with Gasteiger partial charge in [0.05, 0.1) is 17.7 Å². The van der Waals surface area contributed by atoms with E-state index < -0.39 is 16.0 Å². The van der Waals surface area contributed by atoms with Crippen LogP contribution in [-0.4, -0.2) is 32.3 Å². The van der Waals surface area contributed by atoms with Gasteiger partial charge in [-0.05, 0) is 35.9 Å². The molecule has 134 valence electrons. The van der Waals surface area contributed by atoms with Crippen LogP contribution in [0.5, 0.6) is 0 Å². The first-order valence-electron chi connectivity index (χ1n) is 7.42. The average molecular weight is 402 g/mol. The molecular formula is C17H17Cl2NO4S. The topological polar surface area (TPSA) is 63.7 Å². The van der Waals surface area contributed by atoms with E-state index in [1.807, 2.05) is 0 Å². The molecule has 0 N–H and O–H groups in total. The Morgan fingerprint density at radius 3 is 2.44 bits per heavy atom. The third-order valence-electron chi connectivity index (χ3n) is 3.57. The van der Waals surface area contributed by atoms with Gasteiger partial charge in [-0.1, -0.05) is 42.3 Å². The van der Waals surface area contributed by atoms with Crippen LogP contribution in [0.25, 0.3) is 0 Å². The van der Waals surface area contributed by atoms with Crippen LogP contribution < -0.4 is 0 Å². The van der Waals surface area contributed by atoms with Crippen LogP contribution >= 0.6 is 23.2 Å². The maximum atomic E-state index is 12.9. The van der Waals surface area contributed by atoms with Gasteiger partial charge in [-0.2, -0.15) is 4.31 Å². The summed E-state index contributed by atoms with van der Waals surface area (Å²) in [5.41, 5.74) is 0.949. The Morgan fingerprint density at radius 1 is 1.16 bits per heavy atom. The van der Waals surface area contributed by atoms with Crippen molar-refractivity contribution in [3.05, 3.63) is 63.6 Å². The highest BCUT2D eigenvalue weighted by Gasteiger charge is 2.26. The third-order valence-corrected chi connectivity index (χ3v) is 6.21. The average Bonchev–Trinajstić information content (AvgIpc) is 2.58. The molecule has 0 saturated carbocycles. The number of rotatable bonds is 6. The highest BCUT2D eigenvalue weighted by atomic mass is 35.5. The molecule has 2 aromatic carbocycles. The molecule has 0 bridgehead atoms. The maximum absolute atomic E-state index is 12.9. The van der Waals surface area contributed by atoms with E-state index in [1.165, 1.54) is 29.6 Å². The van der Waals surface area contributed by atoms with Gasteiger partial charge in [-0.25, -0.2) is 13.2 Å².